The number of carbonyl (C=O) groups is 2. The summed E-state index contributed by atoms with van der Waals surface area (Å²) in [5.41, 5.74) is 2.55. The molecule has 5 nitrogen and oxygen atoms in total. The maximum absolute atomic E-state index is 12.4. The first-order chi connectivity index (χ1) is 9.24. The van der Waals surface area contributed by atoms with Crippen molar-refractivity contribution in [3.63, 3.8) is 0 Å². The molecule has 1 saturated heterocycles. The number of benzene rings is 1. The van der Waals surface area contributed by atoms with Crippen molar-refractivity contribution in [2.75, 3.05) is 31.5 Å². The molecule has 2 amide bonds. The van der Waals surface area contributed by atoms with Crippen LogP contribution in [0.5, 0.6) is 0 Å². The van der Waals surface area contributed by atoms with Crippen LogP contribution < -0.4 is 10.6 Å². The van der Waals surface area contributed by atoms with Crippen LogP contribution in [0, 0.1) is 0 Å². The van der Waals surface area contributed by atoms with Crippen molar-refractivity contribution in [1.29, 1.82) is 0 Å². The summed E-state index contributed by atoms with van der Waals surface area (Å²) in [7, 11) is 0. The van der Waals surface area contributed by atoms with E-state index in [4.69, 9.17) is 0 Å². The standard InChI is InChI=1S/C14H17N3O2/c18-13-4-3-10-1-2-11(9-12(10)16-13)14(19)17-7-5-15-6-8-17/h1-2,9,15H,3-8H2,(H,16,18). The van der Waals surface area contributed by atoms with Crippen molar-refractivity contribution in [2.24, 2.45) is 0 Å². The molecule has 5 heteroatoms. The number of amides is 2. The van der Waals surface area contributed by atoms with E-state index in [2.05, 4.69) is 10.6 Å². The second-order valence-corrected chi connectivity index (χ2v) is 4.96. The van der Waals surface area contributed by atoms with Gasteiger partial charge in [0.15, 0.2) is 0 Å². The smallest absolute Gasteiger partial charge is 0.254 e. The van der Waals surface area contributed by atoms with Gasteiger partial charge in [-0.2, -0.15) is 0 Å². The molecule has 3 rings (SSSR count). The number of nitrogens with one attached hydrogen (secondary N) is 2. The zero-order chi connectivity index (χ0) is 13.2. The lowest BCUT2D eigenvalue weighted by molar-refractivity contribution is -0.116. The highest BCUT2D eigenvalue weighted by Crippen LogP contribution is 2.24. The SMILES string of the molecule is O=C1CCc2ccc(C(=O)N3CCNCC3)cc2N1. The van der Waals surface area contributed by atoms with Crippen LogP contribution in [0.1, 0.15) is 22.3 Å². The molecule has 0 saturated carbocycles. The summed E-state index contributed by atoms with van der Waals surface area (Å²) in [6.45, 7) is 3.16. The Morgan fingerprint density at radius 1 is 1.16 bits per heavy atom. The number of hydrogen-bond donors (Lipinski definition) is 2. The molecule has 0 aliphatic carbocycles. The van der Waals surface area contributed by atoms with Crippen LogP contribution >= 0.6 is 0 Å². The average Bonchev–Trinajstić information content (AvgIpc) is 2.46. The van der Waals surface area contributed by atoms with Gasteiger partial charge >= 0.3 is 0 Å². The summed E-state index contributed by atoms with van der Waals surface area (Å²) in [5.74, 6) is 0.0726. The molecule has 0 bridgehead atoms. The fourth-order valence-corrected chi connectivity index (χ4v) is 2.56. The highest BCUT2D eigenvalue weighted by Gasteiger charge is 2.20. The number of rotatable bonds is 1. The molecule has 2 heterocycles. The zero-order valence-corrected chi connectivity index (χ0v) is 10.7. The lowest BCUT2D eigenvalue weighted by atomic mass is 10.0. The van der Waals surface area contributed by atoms with E-state index in [1.165, 1.54) is 0 Å². The monoisotopic (exact) mass is 259 g/mol. The van der Waals surface area contributed by atoms with E-state index in [-0.39, 0.29) is 11.8 Å². The van der Waals surface area contributed by atoms with E-state index >= 15 is 0 Å². The Morgan fingerprint density at radius 2 is 1.95 bits per heavy atom. The number of hydrogen-bond acceptors (Lipinski definition) is 3. The highest BCUT2D eigenvalue weighted by molar-refractivity contribution is 5.99. The average molecular weight is 259 g/mol. The first kappa shape index (κ1) is 12.2. The Kier molecular flexibility index (Phi) is 3.21. The van der Waals surface area contributed by atoms with Gasteiger partial charge < -0.3 is 15.5 Å². The second-order valence-electron chi connectivity index (χ2n) is 4.96. The van der Waals surface area contributed by atoms with Crippen LogP contribution in [0.15, 0.2) is 18.2 Å². The van der Waals surface area contributed by atoms with E-state index in [0.29, 0.717) is 12.0 Å². The number of nitrogens with zero attached hydrogens (tertiary/aromatic N) is 1. The topological polar surface area (TPSA) is 61.4 Å². The van der Waals surface area contributed by atoms with Crippen LogP contribution in [0.25, 0.3) is 0 Å². The summed E-state index contributed by atoms with van der Waals surface area (Å²) in [5, 5.41) is 6.06. The predicted molar refractivity (Wildman–Crippen MR) is 72.2 cm³/mol. The third-order valence-corrected chi connectivity index (χ3v) is 3.66. The van der Waals surface area contributed by atoms with Crippen molar-refractivity contribution in [2.45, 2.75) is 12.8 Å². The van der Waals surface area contributed by atoms with Gasteiger partial charge in [0.05, 0.1) is 0 Å². The third-order valence-electron chi connectivity index (χ3n) is 3.66. The Bertz CT molecular complexity index is 521. The summed E-state index contributed by atoms with van der Waals surface area (Å²) < 4.78 is 0. The Balaban J connectivity index is 1.83. The summed E-state index contributed by atoms with van der Waals surface area (Å²) in [6, 6.07) is 5.61. The molecule has 0 radical (unpaired) electrons. The molecule has 1 aromatic rings. The summed E-state index contributed by atoms with van der Waals surface area (Å²) in [6.07, 6.45) is 1.28. The number of fused-ring (bicyclic) bond motifs is 1. The Labute approximate surface area is 112 Å². The molecule has 1 fully saturated rings. The molecule has 1 aromatic carbocycles. The van der Waals surface area contributed by atoms with Crippen LogP contribution in [-0.2, 0) is 11.2 Å². The van der Waals surface area contributed by atoms with E-state index < -0.39 is 0 Å². The predicted octanol–water partition coefficient (Wildman–Crippen LogP) is 0.617. The number of carbonyl (C=O) groups excluding carboxylic acids is 2. The fourth-order valence-electron chi connectivity index (χ4n) is 2.56. The second kappa shape index (κ2) is 5.01. The van der Waals surface area contributed by atoms with Crippen LogP contribution in [0.4, 0.5) is 5.69 Å². The van der Waals surface area contributed by atoms with Gasteiger partial charge in [-0.05, 0) is 24.1 Å². The molecule has 0 spiro atoms. The van der Waals surface area contributed by atoms with Gasteiger partial charge in [0.2, 0.25) is 5.91 Å². The third kappa shape index (κ3) is 2.46. The van der Waals surface area contributed by atoms with Gasteiger partial charge in [0, 0.05) is 43.9 Å². The molecule has 2 aliphatic heterocycles. The van der Waals surface area contributed by atoms with Gasteiger partial charge in [-0.15, -0.1) is 0 Å². The van der Waals surface area contributed by atoms with Crippen LogP contribution in [0.3, 0.4) is 0 Å². The van der Waals surface area contributed by atoms with Crippen LogP contribution in [0.2, 0.25) is 0 Å². The lowest BCUT2D eigenvalue weighted by Crippen LogP contribution is -2.46. The quantitative estimate of drug-likeness (QED) is 0.777. The maximum Gasteiger partial charge on any atom is 0.254 e. The van der Waals surface area contributed by atoms with Crippen LogP contribution in [-0.4, -0.2) is 42.9 Å². The normalized spacial score (nSPS) is 18.7. The molecule has 2 N–H and O–H groups in total. The van der Waals surface area contributed by atoms with E-state index in [1.54, 1.807) is 6.07 Å². The van der Waals surface area contributed by atoms with E-state index in [0.717, 1.165) is 43.9 Å². The summed E-state index contributed by atoms with van der Waals surface area (Å²) in [4.78, 5) is 25.6. The lowest BCUT2D eigenvalue weighted by Gasteiger charge is -2.28. The first-order valence-corrected chi connectivity index (χ1v) is 6.67. The Morgan fingerprint density at radius 3 is 2.74 bits per heavy atom. The minimum atomic E-state index is 0.0271. The van der Waals surface area contributed by atoms with Crippen molar-refractivity contribution in [3.05, 3.63) is 29.3 Å². The van der Waals surface area contributed by atoms with E-state index in [1.807, 2.05) is 17.0 Å². The summed E-state index contributed by atoms with van der Waals surface area (Å²) >= 11 is 0. The highest BCUT2D eigenvalue weighted by atomic mass is 16.2. The minimum Gasteiger partial charge on any atom is -0.336 e. The molecule has 0 aromatic heterocycles. The molecule has 19 heavy (non-hydrogen) atoms. The first-order valence-electron chi connectivity index (χ1n) is 6.67. The van der Waals surface area contributed by atoms with E-state index in [9.17, 15) is 9.59 Å². The van der Waals surface area contributed by atoms with Crippen molar-refractivity contribution in [1.82, 2.24) is 10.2 Å². The minimum absolute atomic E-state index is 0.0271. The number of piperazine rings is 1. The number of aryl methyl sites for hydroxylation is 1. The van der Waals surface area contributed by atoms with Gasteiger partial charge in [0.25, 0.3) is 5.91 Å². The molecule has 100 valence electrons. The Hall–Kier alpha value is -1.88. The van der Waals surface area contributed by atoms with Crippen molar-refractivity contribution >= 4 is 17.5 Å². The van der Waals surface area contributed by atoms with Gasteiger partial charge in [-0.3, -0.25) is 9.59 Å². The maximum atomic E-state index is 12.4. The fraction of sp³-hybridized carbons (Fsp3) is 0.429. The largest absolute Gasteiger partial charge is 0.336 e. The number of anilines is 1. The molecule has 0 atom stereocenters. The molecular formula is C14H17N3O2. The van der Waals surface area contributed by atoms with Gasteiger partial charge in [-0.25, -0.2) is 0 Å². The molecule has 0 unspecified atom stereocenters. The van der Waals surface area contributed by atoms with Gasteiger partial charge in [0.1, 0.15) is 0 Å². The molecule has 2 aliphatic rings. The van der Waals surface area contributed by atoms with Gasteiger partial charge in [-0.1, -0.05) is 6.07 Å². The van der Waals surface area contributed by atoms with Crippen molar-refractivity contribution in [3.8, 4) is 0 Å². The zero-order valence-electron chi connectivity index (χ0n) is 10.7. The van der Waals surface area contributed by atoms with Crippen molar-refractivity contribution < 1.29 is 9.59 Å². The molecular weight excluding hydrogens is 242 g/mol.